The molecule has 0 amide bonds. The van der Waals surface area contributed by atoms with E-state index in [1.165, 1.54) is 10.5 Å². The van der Waals surface area contributed by atoms with Crippen LogP contribution in [0.15, 0.2) is 41.6 Å². The Labute approximate surface area is 132 Å². The zero-order valence-electron chi connectivity index (χ0n) is 13.2. The fourth-order valence-electron chi connectivity index (χ4n) is 2.55. The van der Waals surface area contributed by atoms with E-state index in [-0.39, 0.29) is 0 Å². The molecule has 0 saturated carbocycles. The van der Waals surface area contributed by atoms with E-state index in [2.05, 4.69) is 59.4 Å². The second-order valence-electron chi connectivity index (χ2n) is 5.24. The second kappa shape index (κ2) is 8.25. The normalized spacial score (nSPS) is 12.5. The van der Waals surface area contributed by atoms with Crippen LogP contribution in [0.2, 0.25) is 0 Å². The van der Waals surface area contributed by atoms with Gasteiger partial charge in [0, 0.05) is 36.8 Å². The zero-order valence-corrected chi connectivity index (χ0v) is 14.0. The molecule has 0 aliphatic rings. The summed E-state index contributed by atoms with van der Waals surface area (Å²) in [6, 6.07) is 9.10. The Bertz CT molecular complexity index is 550. The highest BCUT2D eigenvalue weighted by Crippen LogP contribution is 2.28. The molecule has 1 unspecified atom stereocenters. The summed E-state index contributed by atoms with van der Waals surface area (Å²) in [7, 11) is 2.06. The summed E-state index contributed by atoms with van der Waals surface area (Å²) in [5.74, 6) is 1.15. The van der Waals surface area contributed by atoms with E-state index in [9.17, 15) is 0 Å². The molecular weight excluding hydrogens is 278 g/mol. The molecule has 1 atom stereocenters. The van der Waals surface area contributed by atoms with Crippen LogP contribution in [0.5, 0.6) is 0 Å². The Morgan fingerprint density at radius 1 is 1.33 bits per heavy atom. The average molecular weight is 303 g/mol. The van der Waals surface area contributed by atoms with Gasteiger partial charge in [-0.3, -0.25) is 0 Å². The van der Waals surface area contributed by atoms with Gasteiger partial charge in [-0.05, 0) is 37.3 Å². The van der Waals surface area contributed by atoms with E-state index in [1.54, 1.807) is 0 Å². The minimum absolute atomic E-state index is 0.394. The molecule has 0 bridgehead atoms. The van der Waals surface area contributed by atoms with Crippen LogP contribution in [-0.4, -0.2) is 22.4 Å². The molecule has 0 aliphatic carbocycles. The average Bonchev–Trinajstić information content (AvgIpc) is 2.93. The first-order chi connectivity index (χ1) is 10.3. The number of imidazole rings is 1. The number of hydrogen-bond donors (Lipinski definition) is 1. The number of thioether (sulfide) groups is 1. The summed E-state index contributed by atoms with van der Waals surface area (Å²) in [6.45, 7) is 3.26. The van der Waals surface area contributed by atoms with Gasteiger partial charge in [-0.15, -0.1) is 11.8 Å². The molecular formula is C17H25N3S. The van der Waals surface area contributed by atoms with E-state index in [0.717, 1.165) is 31.6 Å². The smallest absolute Gasteiger partial charge is 0.108 e. The fourth-order valence-corrected chi connectivity index (χ4v) is 3.21. The summed E-state index contributed by atoms with van der Waals surface area (Å²) in [4.78, 5) is 5.80. The molecule has 0 saturated heterocycles. The van der Waals surface area contributed by atoms with Crippen molar-refractivity contribution in [3.05, 3.63) is 48.0 Å². The molecule has 1 aromatic heterocycles. The number of nitrogens with zero attached hydrogens (tertiary/aromatic N) is 2. The molecule has 3 nitrogen and oxygen atoms in total. The van der Waals surface area contributed by atoms with Gasteiger partial charge >= 0.3 is 0 Å². The molecule has 0 spiro atoms. The van der Waals surface area contributed by atoms with E-state index in [0.29, 0.717) is 6.04 Å². The second-order valence-corrected chi connectivity index (χ2v) is 6.09. The predicted octanol–water partition coefficient (Wildman–Crippen LogP) is 3.82. The number of aryl methyl sites for hydroxylation is 2. The van der Waals surface area contributed by atoms with Gasteiger partial charge in [-0.1, -0.05) is 25.1 Å². The van der Waals surface area contributed by atoms with Gasteiger partial charge in [0.05, 0.1) is 0 Å². The quantitative estimate of drug-likeness (QED) is 0.752. The molecule has 1 aromatic carbocycles. The van der Waals surface area contributed by atoms with Crippen molar-refractivity contribution in [1.29, 1.82) is 0 Å². The lowest BCUT2D eigenvalue weighted by atomic mass is 10.0. The highest BCUT2D eigenvalue weighted by molar-refractivity contribution is 7.98. The van der Waals surface area contributed by atoms with Gasteiger partial charge in [0.2, 0.25) is 0 Å². The topological polar surface area (TPSA) is 29.9 Å². The number of hydrogen-bond acceptors (Lipinski definition) is 3. The van der Waals surface area contributed by atoms with Crippen LogP contribution in [0.3, 0.4) is 0 Å². The van der Waals surface area contributed by atoms with E-state index in [1.807, 2.05) is 24.2 Å². The predicted molar refractivity (Wildman–Crippen MR) is 90.8 cm³/mol. The lowest BCUT2D eigenvalue weighted by molar-refractivity contribution is 0.485. The van der Waals surface area contributed by atoms with E-state index in [4.69, 9.17) is 0 Å². The molecule has 4 heteroatoms. The Hall–Kier alpha value is -1.26. The van der Waals surface area contributed by atoms with Crippen LogP contribution >= 0.6 is 11.8 Å². The molecule has 21 heavy (non-hydrogen) atoms. The van der Waals surface area contributed by atoms with Crippen LogP contribution in [0, 0.1) is 0 Å². The van der Waals surface area contributed by atoms with Crippen molar-refractivity contribution in [2.45, 2.75) is 37.1 Å². The summed E-state index contributed by atoms with van der Waals surface area (Å²) in [5.41, 5.74) is 1.41. The van der Waals surface area contributed by atoms with Gasteiger partial charge < -0.3 is 9.88 Å². The summed E-state index contributed by atoms with van der Waals surface area (Å²) >= 11 is 1.82. The van der Waals surface area contributed by atoms with Gasteiger partial charge in [-0.25, -0.2) is 4.98 Å². The van der Waals surface area contributed by atoms with E-state index >= 15 is 0 Å². The summed E-state index contributed by atoms with van der Waals surface area (Å²) in [5, 5.41) is 3.69. The Kier molecular flexibility index (Phi) is 6.33. The van der Waals surface area contributed by atoms with Crippen LogP contribution in [0.4, 0.5) is 0 Å². The first-order valence-electron chi connectivity index (χ1n) is 7.58. The lowest BCUT2D eigenvalue weighted by Crippen LogP contribution is -2.23. The number of benzene rings is 1. The molecule has 2 rings (SSSR count). The van der Waals surface area contributed by atoms with Gasteiger partial charge in [0.15, 0.2) is 0 Å². The van der Waals surface area contributed by atoms with Crippen molar-refractivity contribution in [3.8, 4) is 0 Å². The van der Waals surface area contributed by atoms with Crippen LogP contribution < -0.4 is 5.32 Å². The summed E-state index contributed by atoms with van der Waals surface area (Å²) in [6.07, 6.45) is 9.25. The minimum Gasteiger partial charge on any atom is -0.338 e. The Morgan fingerprint density at radius 3 is 2.81 bits per heavy atom. The van der Waals surface area contributed by atoms with Crippen molar-refractivity contribution in [2.75, 3.05) is 12.8 Å². The number of rotatable bonds is 8. The summed E-state index contributed by atoms with van der Waals surface area (Å²) < 4.78 is 2.11. The van der Waals surface area contributed by atoms with Crippen LogP contribution in [0.1, 0.15) is 37.2 Å². The van der Waals surface area contributed by atoms with Crippen molar-refractivity contribution in [2.24, 2.45) is 7.05 Å². The lowest BCUT2D eigenvalue weighted by Gasteiger charge is -2.21. The van der Waals surface area contributed by atoms with Crippen molar-refractivity contribution in [1.82, 2.24) is 14.9 Å². The molecule has 0 radical (unpaired) electrons. The van der Waals surface area contributed by atoms with Gasteiger partial charge in [0.25, 0.3) is 0 Å². The molecule has 0 aliphatic heterocycles. The first-order valence-corrected chi connectivity index (χ1v) is 8.81. The Morgan fingerprint density at radius 2 is 2.14 bits per heavy atom. The third kappa shape index (κ3) is 4.35. The molecule has 1 heterocycles. The first kappa shape index (κ1) is 16.1. The molecule has 114 valence electrons. The molecule has 2 aromatic rings. The van der Waals surface area contributed by atoms with Gasteiger partial charge in [-0.2, -0.15) is 0 Å². The van der Waals surface area contributed by atoms with Crippen molar-refractivity contribution < 1.29 is 0 Å². The molecule has 1 N–H and O–H groups in total. The SMILES string of the molecule is CCCNC(CCc1nccn1C)c1ccccc1SC. The number of nitrogens with one attached hydrogen (secondary N) is 1. The highest BCUT2D eigenvalue weighted by Gasteiger charge is 2.15. The van der Waals surface area contributed by atoms with Crippen LogP contribution in [0.25, 0.3) is 0 Å². The maximum Gasteiger partial charge on any atom is 0.108 e. The zero-order chi connectivity index (χ0) is 15.1. The largest absolute Gasteiger partial charge is 0.338 e. The van der Waals surface area contributed by atoms with E-state index < -0.39 is 0 Å². The Balaban J connectivity index is 2.12. The van der Waals surface area contributed by atoms with Crippen LogP contribution in [-0.2, 0) is 13.5 Å². The number of aromatic nitrogens is 2. The van der Waals surface area contributed by atoms with Crippen molar-refractivity contribution in [3.63, 3.8) is 0 Å². The maximum absolute atomic E-state index is 4.43. The van der Waals surface area contributed by atoms with Gasteiger partial charge in [0.1, 0.15) is 5.82 Å². The third-order valence-corrected chi connectivity index (χ3v) is 4.54. The standard InChI is InChI=1S/C17H25N3S/c1-4-11-18-15(9-10-17-19-12-13-20(17)2)14-7-5-6-8-16(14)21-3/h5-8,12-13,15,18H,4,9-11H2,1-3H3. The third-order valence-electron chi connectivity index (χ3n) is 3.73. The fraction of sp³-hybridized carbons (Fsp3) is 0.471. The maximum atomic E-state index is 4.43. The molecule has 0 fully saturated rings. The monoisotopic (exact) mass is 303 g/mol. The minimum atomic E-state index is 0.394. The van der Waals surface area contributed by atoms with Crippen molar-refractivity contribution >= 4 is 11.8 Å². The highest BCUT2D eigenvalue weighted by atomic mass is 32.2.